The van der Waals surface area contributed by atoms with Crippen molar-refractivity contribution in [2.75, 3.05) is 5.32 Å². The molecule has 0 saturated heterocycles. The van der Waals surface area contributed by atoms with E-state index in [0.29, 0.717) is 39.1 Å². The Balaban J connectivity index is 0.000000606. The number of aryl methyl sites for hydroxylation is 2. The molecule has 0 spiro atoms. The van der Waals surface area contributed by atoms with E-state index in [-0.39, 0.29) is 22.5 Å². The van der Waals surface area contributed by atoms with Crippen molar-refractivity contribution >= 4 is 43.7 Å². The number of aromatic nitrogens is 4. The van der Waals surface area contributed by atoms with Crippen LogP contribution in [0.5, 0.6) is 0 Å². The van der Waals surface area contributed by atoms with Crippen molar-refractivity contribution in [3.05, 3.63) is 77.9 Å². The fourth-order valence-electron chi connectivity index (χ4n) is 5.53. The summed E-state index contributed by atoms with van der Waals surface area (Å²) in [6.45, 7) is 3.62. The van der Waals surface area contributed by atoms with Crippen LogP contribution in [0.4, 0.5) is 32.3 Å². The van der Waals surface area contributed by atoms with Gasteiger partial charge in [-0.1, -0.05) is 36.6 Å². The molecule has 4 N–H and O–H groups in total. The Kier molecular flexibility index (Phi) is 9.62. The summed E-state index contributed by atoms with van der Waals surface area (Å²) in [6.07, 6.45) is -1.29. The summed E-state index contributed by atoms with van der Waals surface area (Å²) in [5, 5.41) is 11.4. The quantitative estimate of drug-likeness (QED) is 0.167. The number of pyridine rings is 1. The predicted octanol–water partition coefficient (Wildman–Crippen LogP) is 6.83. The van der Waals surface area contributed by atoms with Gasteiger partial charge >= 0.3 is 18.3 Å². The maximum absolute atomic E-state index is 13.8. The van der Waals surface area contributed by atoms with Crippen LogP contribution in [0.3, 0.4) is 0 Å². The van der Waals surface area contributed by atoms with E-state index in [1.807, 2.05) is 6.92 Å². The van der Waals surface area contributed by atoms with Gasteiger partial charge in [-0.15, -0.1) is 0 Å². The third-order valence-corrected chi connectivity index (χ3v) is 9.85. The van der Waals surface area contributed by atoms with Crippen molar-refractivity contribution in [2.45, 2.75) is 68.9 Å². The summed E-state index contributed by atoms with van der Waals surface area (Å²) >= 11 is 0. The standard InChI is InChI=1S/C30H29F3N6O2S.C2HF3O2/c1-17-7-10-20(11-8-17)42(40,41)39-16-24(21-12-9-19(13-27(21)39)30(31,32)33)23-15-35-18(2)22-14-36-29(38-28(22)23)37-26-6-4-3-5-25(26)34;3-2(4,5)1(6)7/h7-16,25-26H,3-6,34H2,1-2H3,(H,36,37,38);(H,6,7)/t25-,26+;/m1./s1. The van der Waals surface area contributed by atoms with Gasteiger partial charge in [0.05, 0.1) is 21.5 Å². The second kappa shape index (κ2) is 13.3. The van der Waals surface area contributed by atoms with Crippen LogP contribution in [0.25, 0.3) is 32.9 Å². The monoisotopic (exact) mass is 708 g/mol. The zero-order valence-corrected chi connectivity index (χ0v) is 26.8. The first-order valence-electron chi connectivity index (χ1n) is 14.9. The number of hydrogen-bond donors (Lipinski definition) is 3. The predicted molar refractivity (Wildman–Crippen MR) is 169 cm³/mol. The van der Waals surface area contributed by atoms with Crippen molar-refractivity contribution in [3.63, 3.8) is 0 Å². The molecular weight excluding hydrogens is 678 g/mol. The van der Waals surface area contributed by atoms with Gasteiger partial charge in [0.2, 0.25) is 5.95 Å². The number of rotatable bonds is 5. The molecule has 17 heteroatoms. The summed E-state index contributed by atoms with van der Waals surface area (Å²) in [4.78, 5) is 22.6. The van der Waals surface area contributed by atoms with Gasteiger partial charge < -0.3 is 16.2 Å². The minimum atomic E-state index is -5.08. The second-order valence-corrected chi connectivity index (χ2v) is 13.4. The van der Waals surface area contributed by atoms with Crippen molar-refractivity contribution in [3.8, 4) is 11.1 Å². The number of carboxylic acid groups (broad SMARTS) is 1. The largest absolute Gasteiger partial charge is 0.490 e. The molecule has 0 bridgehead atoms. The van der Waals surface area contributed by atoms with E-state index in [9.17, 15) is 34.8 Å². The summed E-state index contributed by atoms with van der Waals surface area (Å²) in [6, 6.07) is 9.23. The van der Waals surface area contributed by atoms with E-state index in [2.05, 4.69) is 15.3 Å². The van der Waals surface area contributed by atoms with Crippen LogP contribution >= 0.6 is 0 Å². The van der Waals surface area contributed by atoms with Crippen LogP contribution in [0.2, 0.25) is 0 Å². The van der Waals surface area contributed by atoms with Crippen molar-refractivity contribution < 1.29 is 44.7 Å². The lowest BCUT2D eigenvalue weighted by Gasteiger charge is -2.29. The number of halogens is 6. The van der Waals surface area contributed by atoms with Gasteiger partial charge in [0.15, 0.2) is 0 Å². The Morgan fingerprint density at radius 2 is 1.59 bits per heavy atom. The molecule has 10 nitrogen and oxygen atoms in total. The topological polar surface area (TPSA) is 153 Å². The molecule has 2 atom stereocenters. The number of benzene rings is 2. The van der Waals surface area contributed by atoms with E-state index < -0.39 is 33.9 Å². The molecule has 1 aliphatic rings. The fraction of sp³-hybridized carbons (Fsp3) is 0.312. The maximum atomic E-state index is 13.8. The van der Waals surface area contributed by atoms with Crippen LogP contribution in [0, 0.1) is 13.8 Å². The zero-order chi connectivity index (χ0) is 35.9. The number of nitrogens with two attached hydrogens (primary N) is 1. The smallest absolute Gasteiger partial charge is 0.475 e. The molecule has 260 valence electrons. The molecule has 3 aromatic heterocycles. The van der Waals surface area contributed by atoms with E-state index in [0.717, 1.165) is 47.4 Å². The number of carbonyl (C=O) groups is 1. The molecule has 3 heterocycles. The Morgan fingerprint density at radius 3 is 2.20 bits per heavy atom. The van der Waals surface area contributed by atoms with E-state index >= 15 is 0 Å². The number of aliphatic carboxylic acids is 1. The van der Waals surface area contributed by atoms with Gasteiger partial charge in [-0.05, 0) is 51.0 Å². The number of carboxylic acids is 1. The minimum Gasteiger partial charge on any atom is -0.475 e. The van der Waals surface area contributed by atoms with Gasteiger partial charge in [0.25, 0.3) is 10.0 Å². The van der Waals surface area contributed by atoms with E-state index in [1.165, 1.54) is 24.4 Å². The highest BCUT2D eigenvalue weighted by molar-refractivity contribution is 7.90. The van der Waals surface area contributed by atoms with Crippen LogP contribution in [0.15, 0.2) is 66.0 Å². The van der Waals surface area contributed by atoms with Crippen LogP contribution in [-0.4, -0.2) is 56.7 Å². The van der Waals surface area contributed by atoms with Gasteiger partial charge in [-0.25, -0.2) is 27.2 Å². The molecule has 0 amide bonds. The number of nitrogens with zero attached hydrogens (tertiary/aromatic N) is 4. The highest BCUT2D eigenvalue weighted by Crippen LogP contribution is 2.39. The van der Waals surface area contributed by atoms with Gasteiger partial charge in [-0.2, -0.15) is 26.3 Å². The molecule has 5 aromatic rings. The first-order valence-corrected chi connectivity index (χ1v) is 16.3. The number of fused-ring (bicyclic) bond motifs is 2. The maximum Gasteiger partial charge on any atom is 0.490 e. The highest BCUT2D eigenvalue weighted by Gasteiger charge is 2.38. The molecule has 6 rings (SSSR count). The summed E-state index contributed by atoms with van der Waals surface area (Å²) in [5.41, 5.74) is 8.12. The van der Waals surface area contributed by atoms with Crippen molar-refractivity contribution in [1.82, 2.24) is 18.9 Å². The lowest BCUT2D eigenvalue weighted by Crippen LogP contribution is -2.42. The number of anilines is 1. The normalized spacial score (nSPS) is 17.1. The summed E-state index contributed by atoms with van der Waals surface area (Å²) in [7, 11) is -4.26. The second-order valence-electron chi connectivity index (χ2n) is 11.6. The van der Waals surface area contributed by atoms with E-state index in [4.69, 9.17) is 20.6 Å². The Morgan fingerprint density at radius 1 is 0.939 bits per heavy atom. The molecule has 0 radical (unpaired) electrons. The number of nitrogens with one attached hydrogen (secondary N) is 1. The first kappa shape index (κ1) is 35.5. The first-order chi connectivity index (χ1) is 22.9. The fourth-order valence-corrected chi connectivity index (χ4v) is 6.89. The zero-order valence-electron chi connectivity index (χ0n) is 26.0. The molecule has 0 unspecified atom stereocenters. The Bertz CT molecular complexity index is 2130. The summed E-state index contributed by atoms with van der Waals surface area (Å²) in [5.74, 6) is -2.39. The Labute approximate surface area is 276 Å². The molecule has 2 aromatic carbocycles. The lowest BCUT2D eigenvalue weighted by molar-refractivity contribution is -0.192. The third-order valence-electron chi connectivity index (χ3n) is 8.16. The van der Waals surface area contributed by atoms with Crippen LogP contribution < -0.4 is 11.1 Å². The average Bonchev–Trinajstić information content (AvgIpc) is 3.42. The van der Waals surface area contributed by atoms with Crippen LogP contribution in [0.1, 0.15) is 42.5 Å². The Hall–Kier alpha value is -4.77. The molecule has 0 aliphatic heterocycles. The average molecular weight is 709 g/mol. The lowest BCUT2D eigenvalue weighted by atomic mass is 9.91. The summed E-state index contributed by atoms with van der Waals surface area (Å²) < 4.78 is 102. The van der Waals surface area contributed by atoms with Gasteiger partial charge in [-0.3, -0.25) is 4.98 Å². The van der Waals surface area contributed by atoms with Crippen molar-refractivity contribution in [2.24, 2.45) is 5.73 Å². The van der Waals surface area contributed by atoms with Crippen molar-refractivity contribution in [1.29, 1.82) is 0 Å². The van der Waals surface area contributed by atoms with E-state index in [1.54, 1.807) is 31.5 Å². The highest BCUT2D eigenvalue weighted by atomic mass is 32.2. The SMILES string of the molecule is Cc1ccc(S(=O)(=O)n2cc(-c3cnc(C)c4cnc(N[C@H]5CCCC[C@H]5N)nc34)c3ccc(C(F)(F)F)cc32)cc1.O=C(O)C(F)(F)F. The number of hydrogen-bond acceptors (Lipinski definition) is 8. The molecule has 1 aliphatic carbocycles. The molecule has 49 heavy (non-hydrogen) atoms. The molecule has 1 fully saturated rings. The van der Waals surface area contributed by atoms with Crippen LogP contribution in [-0.2, 0) is 21.0 Å². The number of alkyl halides is 6. The molecule has 1 saturated carbocycles. The molecular formula is C32H30F6N6O4S. The third kappa shape index (κ3) is 7.46. The van der Waals surface area contributed by atoms with Gasteiger partial charge in [0.1, 0.15) is 0 Å². The minimum absolute atomic E-state index is 0.00457. The van der Waals surface area contributed by atoms with Gasteiger partial charge in [0, 0.05) is 58.3 Å².